The fourth-order valence-corrected chi connectivity index (χ4v) is 2.40. The van der Waals surface area contributed by atoms with Crippen LogP contribution in [0.3, 0.4) is 0 Å². The van der Waals surface area contributed by atoms with Crippen LogP contribution in [0.2, 0.25) is 0 Å². The molecule has 22 heavy (non-hydrogen) atoms. The van der Waals surface area contributed by atoms with E-state index in [-0.39, 0.29) is 0 Å². The molecule has 1 N–H and O–H groups in total. The molecule has 0 bridgehead atoms. The normalized spacial score (nSPS) is 10.5. The first-order chi connectivity index (χ1) is 10.7. The Morgan fingerprint density at radius 2 is 2.09 bits per heavy atom. The molecule has 0 aliphatic rings. The molecule has 7 nitrogen and oxygen atoms in total. The average Bonchev–Trinajstić information content (AvgIpc) is 3.14. The maximum atomic E-state index is 8.79. The number of aromatic nitrogens is 6. The zero-order chi connectivity index (χ0) is 15.5. The lowest BCUT2D eigenvalue weighted by Crippen LogP contribution is -2.04. The number of nitriles is 1. The van der Waals surface area contributed by atoms with Crippen molar-refractivity contribution in [2.45, 2.75) is 20.0 Å². The van der Waals surface area contributed by atoms with Crippen LogP contribution in [0.1, 0.15) is 18.1 Å². The van der Waals surface area contributed by atoms with E-state index in [1.807, 2.05) is 23.7 Å². The summed E-state index contributed by atoms with van der Waals surface area (Å²) in [5.74, 6) is 0.502. The van der Waals surface area contributed by atoms with Gasteiger partial charge in [-0.2, -0.15) is 10.1 Å². The van der Waals surface area contributed by atoms with Crippen LogP contribution in [0.4, 0.5) is 0 Å². The highest BCUT2D eigenvalue weighted by Gasteiger charge is 2.11. The zero-order valence-electron chi connectivity index (χ0n) is 11.9. The summed E-state index contributed by atoms with van der Waals surface area (Å²) in [5, 5.41) is 24.3. The predicted molar refractivity (Wildman–Crippen MR) is 82.4 cm³/mol. The van der Waals surface area contributed by atoms with Gasteiger partial charge in [0.05, 0.1) is 23.7 Å². The van der Waals surface area contributed by atoms with Crippen molar-refractivity contribution in [3.63, 3.8) is 0 Å². The highest BCUT2D eigenvalue weighted by atomic mass is 32.1. The zero-order valence-corrected chi connectivity index (χ0v) is 12.7. The van der Waals surface area contributed by atoms with Gasteiger partial charge in [0, 0.05) is 12.7 Å². The molecule has 2 heterocycles. The molecule has 0 unspecified atom stereocenters. The molecular weight excluding hydrogens is 298 g/mol. The molecule has 2 aromatic heterocycles. The predicted octanol–water partition coefficient (Wildman–Crippen LogP) is 2.14. The van der Waals surface area contributed by atoms with Gasteiger partial charge in [-0.1, -0.05) is 24.4 Å². The number of aromatic amines is 1. The molecule has 8 heteroatoms. The average molecular weight is 311 g/mol. The first kappa shape index (κ1) is 14.2. The van der Waals surface area contributed by atoms with Crippen LogP contribution in [-0.2, 0) is 13.1 Å². The number of hydrogen-bond acceptors (Lipinski definition) is 5. The third kappa shape index (κ3) is 2.66. The van der Waals surface area contributed by atoms with Crippen LogP contribution in [0.5, 0.6) is 0 Å². The standard InChI is InChI=1S/C14H13N7S/c1-2-20-14(22)12(8-16-20)13-17-19-21(18-13)9-11-5-3-10(7-15)4-6-11/h3-6,8,16H,2,9H2,1H3. The molecule has 0 aliphatic heterocycles. The van der Waals surface area contributed by atoms with Crippen LogP contribution in [0, 0.1) is 16.0 Å². The minimum absolute atomic E-state index is 0.490. The number of tetrazole rings is 1. The monoisotopic (exact) mass is 311 g/mol. The first-order valence-corrected chi connectivity index (χ1v) is 7.17. The van der Waals surface area contributed by atoms with E-state index in [0.29, 0.717) is 22.6 Å². The molecule has 0 aliphatic carbocycles. The molecule has 110 valence electrons. The van der Waals surface area contributed by atoms with E-state index in [2.05, 4.69) is 26.6 Å². The van der Waals surface area contributed by atoms with Crippen LogP contribution < -0.4 is 0 Å². The molecule has 0 amide bonds. The summed E-state index contributed by atoms with van der Waals surface area (Å²) in [5.41, 5.74) is 2.39. The molecule has 3 aromatic rings. The maximum absolute atomic E-state index is 8.79. The lowest BCUT2D eigenvalue weighted by molar-refractivity contribution is 0.573. The summed E-state index contributed by atoms with van der Waals surface area (Å²) < 4.78 is 2.51. The van der Waals surface area contributed by atoms with Crippen molar-refractivity contribution in [3.8, 4) is 17.5 Å². The van der Waals surface area contributed by atoms with Crippen molar-refractivity contribution in [2.24, 2.45) is 0 Å². The summed E-state index contributed by atoms with van der Waals surface area (Å²) in [6.07, 6.45) is 1.79. The Labute approximate surface area is 131 Å². The second-order valence-corrected chi connectivity index (χ2v) is 5.08. The number of aryl methyl sites for hydroxylation is 1. The molecule has 0 spiro atoms. The first-order valence-electron chi connectivity index (χ1n) is 6.76. The second-order valence-electron chi connectivity index (χ2n) is 4.69. The largest absolute Gasteiger partial charge is 0.304 e. The maximum Gasteiger partial charge on any atom is 0.209 e. The molecular formula is C14H13N7S. The summed E-state index contributed by atoms with van der Waals surface area (Å²) in [7, 11) is 0. The third-order valence-electron chi connectivity index (χ3n) is 3.26. The minimum Gasteiger partial charge on any atom is -0.304 e. The molecule has 3 rings (SSSR count). The molecule has 0 fully saturated rings. The van der Waals surface area contributed by atoms with Gasteiger partial charge in [-0.15, -0.1) is 10.2 Å². The van der Waals surface area contributed by atoms with Crippen molar-refractivity contribution in [1.29, 1.82) is 5.26 Å². The van der Waals surface area contributed by atoms with Gasteiger partial charge in [0.1, 0.15) is 4.64 Å². The number of nitrogens with one attached hydrogen (secondary N) is 1. The van der Waals surface area contributed by atoms with Gasteiger partial charge in [0.15, 0.2) is 0 Å². The Morgan fingerprint density at radius 1 is 1.32 bits per heavy atom. The summed E-state index contributed by atoms with van der Waals surface area (Å²) >= 11 is 5.36. The lowest BCUT2D eigenvalue weighted by Gasteiger charge is -1.99. The van der Waals surface area contributed by atoms with E-state index in [4.69, 9.17) is 17.5 Å². The Bertz CT molecular complexity index is 879. The molecule has 0 saturated carbocycles. The van der Waals surface area contributed by atoms with E-state index in [9.17, 15) is 0 Å². The van der Waals surface area contributed by atoms with Gasteiger partial charge >= 0.3 is 0 Å². The molecule has 0 atom stereocenters. The van der Waals surface area contributed by atoms with E-state index in [1.54, 1.807) is 18.3 Å². The number of benzene rings is 1. The number of rotatable bonds is 4. The smallest absolute Gasteiger partial charge is 0.209 e. The van der Waals surface area contributed by atoms with Crippen molar-refractivity contribution < 1.29 is 0 Å². The summed E-state index contributed by atoms with van der Waals surface area (Å²) in [6, 6.07) is 9.38. The molecule has 1 aromatic carbocycles. The quantitative estimate of drug-likeness (QED) is 0.746. The van der Waals surface area contributed by atoms with Crippen molar-refractivity contribution >= 4 is 12.2 Å². The van der Waals surface area contributed by atoms with Gasteiger partial charge in [0.25, 0.3) is 0 Å². The Morgan fingerprint density at radius 3 is 2.73 bits per heavy atom. The van der Waals surface area contributed by atoms with E-state index in [0.717, 1.165) is 17.7 Å². The SMILES string of the molecule is CCn1[nH]cc(-c2nnn(Cc3ccc(C#N)cc3)n2)c1=S. The Kier molecular flexibility index (Phi) is 3.80. The molecule has 0 saturated heterocycles. The van der Waals surface area contributed by atoms with Gasteiger partial charge in [0.2, 0.25) is 5.82 Å². The van der Waals surface area contributed by atoms with Gasteiger partial charge in [-0.3, -0.25) is 4.68 Å². The summed E-state index contributed by atoms with van der Waals surface area (Å²) in [6.45, 7) is 3.26. The van der Waals surface area contributed by atoms with Crippen LogP contribution in [0.15, 0.2) is 30.5 Å². The third-order valence-corrected chi connectivity index (χ3v) is 3.70. The van der Waals surface area contributed by atoms with Gasteiger partial charge < -0.3 is 5.10 Å². The Balaban J connectivity index is 1.82. The minimum atomic E-state index is 0.490. The Hall–Kier alpha value is -2.79. The van der Waals surface area contributed by atoms with Crippen molar-refractivity contribution in [3.05, 3.63) is 46.2 Å². The summed E-state index contributed by atoms with van der Waals surface area (Å²) in [4.78, 5) is 1.51. The lowest BCUT2D eigenvalue weighted by atomic mass is 10.1. The van der Waals surface area contributed by atoms with Crippen molar-refractivity contribution in [2.75, 3.05) is 0 Å². The van der Waals surface area contributed by atoms with Crippen molar-refractivity contribution in [1.82, 2.24) is 30.0 Å². The van der Waals surface area contributed by atoms with E-state index in [1.165, 1.54) is 4.80 Å². The van der Waals surface area contributed by atoms with Crippen LogP contribution >= 0.6 is 12.2 Å². The number of hydrogen-bond donors (Lipinski definition) is 1. The van der Waals surface area contributed by atoms with E-state index >= 15 is 0 Å². The van der Waals surface area contributed by atoms with E-state index < -0.39 is 0 Å². The number of nitrogens with zero attached hydrogens (tertiary/aromatic N) is 6. The van der Waals surface area contributed by atoms with Gasteiger partial charge in [-0.25, -0.2) is 0 Å². The topological polar surface area (TPSA) is 88.1 Å². The fourth-order valence-electron chi connectivity index (χ4n) is 2.07. The molecule has 0 radical (unpaired) electrons. The highest BCUT2D eigenvalue weighted by Crippen LogP contribution is 2.15. The highest BCUT2D eigenvalue weighted by molar-refractivity contribution is 7.71. The number of H-pyrrole nitrogens is 1. The van der Waals surface area contributed by atoms with Crippen LogP contribution in [-0.4, -0.2) is 30.0 Å². The fraction of sp³-hybridized carbons (Fsp3) is 0.214. The second kappa shape index (κ2) is 5.91. The van der Waals surface area contributed by atoms with Crippen LogP contribution in [0.25, 0.3) is 11.4 Å². The van der Waals surface area contributed by atoms with Gasteiger partial charge in [-0.05, 0) is 29.8 Å².